The van der Waals surface area contributed by atoms with Gasteiger partial charge < -0.3 is 15.5 Å². The summed E-state index contributed by atoms with van der Waals surface area (Å²) in [6.45, 7) is 3.89. The highest BCUT2D eigenvalue weighted by atomic mass is 35.5. The van der Waals surface area contributed by atoms with E-state index in [1.807, 2.05) is 44.3 Å². The van der Waals surface area contributed by atoms with Gasteiger partial charge in [-0.3, -0.25) is 0 Å². The molecule has 16 heavy (non-hydrogen) atoms. The second-order valence-corrected chi connectivity index (χ2v) is 3.25. The molecule has 2 unspecified atom stereocenters. The first kappa shape index (κ1) is 17.8. The van der Waals surface area contributed by atoms with Crippen LogP contribution in [0, 0.1) is 0 Å². The van der Waals surface area contributed by atoms with Crippen LogP contribution >= 0.6 is 12.4 Å². The number of nitrogens with one attached hydrogen (secondary N) is 1. The van der Waals surface area contributed by atoms with Crippen molar-refractivity contribution in [3.05, 3.63) is 35.9 Å². The third kappa shape index (κ3) is 6.80. The van der Waals surface area contributed by atoms with Crippen LogP contribution in [-0.2, 0) is 0 Å². The molecule has 94 valence electrons. The summed E-state index contributed by atoms with van der Waals surface area (Å²) in [6.07, 6.45) is -0.420. The maximum absolute atomic E-state index is 9.73. The Morgan fingerprint density at radius 3 is 2.06 bits per heavy atom. The number of likely N-dealkylation sites (N-methyl/N-ethyl adjacent to an activating group) is 1. The van der Waals surface area contributed by atoms with Crippen LogP contribution in [-0.4, -0.2) is 29.9 Å². The number of halogens is 1. The van der Waals surface area contributed by atoms with Crippen molar-refractivity contribution in [1.82, 2.24) is 5.32 Å². The highest BCUT2D eigenvalue weighted by Gasteiger charge is 2.12. The topological polar surface area (TPSA) is 52.5 Å². The van der Waals surface area contributed by atoms with Crippen LogP contribution in [0.5, 0.6) is 0 Å². The summed E-state index contributed by atoms with van der Waals surface area (Å²) >= 11 is 0. The number of rotatable bonds is 3. The van der Waals surface area contributed by atoms with E-state index in [4.69, 9.17) is 5.11 Å². The molecule has 0 aliphatic rings. The number of aliphatic hydroxyl groups is 2. The number of hydrogen-bond donors (Lipinski definition) is 3. The average molecular weight is 248 g/mol. The van der Waals surface area contributed by atoms with Crippen LogP contribution in [0.2, 0.25) is 0 Å². The minimum absolute atomic E-state index is 0. The van der Waals surface area contributed by atoms with Crippen LogP contribution in [0.15, 0.2) is 30.3 Å². The number of hydrogen-bond acceptors (Lipinski definition) is 3. The van der Waals surface area contributed by atoms with Crippen LogP contribution in [0.3, 0.4) is 0 Å². The Balaban J connectivity index is 0. The molecule has 0 aliphatic heterocycles. The monoisotopic (exact) mass is 247 g/mol. The molecule has 0 spiro atoms. The molecule has 2 atom stereocenters. The third-order valence-electron chi connectivity index (χ3n) is 2.07. The van der Waals surface area contributed by atoms with Crippen LogP contribution in [0.1, 0.15) is 25.5 Å². The fourth-order valence-electron chi connectivity index (χ4n) is 1.10. The molecule has 0 bridgehead atoms. The van der Waals surface area contributed by atoms with Crippen LogP contribution < -0.4 is 5.32 Å². The van der Waals surface area contributed by atoms with Crippen molar-refractivity contribution >= 4 is 12.4 Å². The second-order valence-electron chi connectivity index (χ2n) is 3.25. The van der Waals surface area contributed by atoms with E-state index in [-0.39, 0.29) is 25.1 Å². The molecule has 3 nitrogen and oxygen atoms in total. The average Bonchev–Trinajstić information content (AvgIpc) is 2.29. The fourth-order valence-corrected chi connectivity index (χ4v) is 1.10. The summed E-state index contributed by atoms with van der Waals surface area (Å²) in [5.74, 6) is 0. The van der Waals surface area contributed by atoms with Crippen molar-refractivity contribution in [3.63, 3.8) is 0 Å². The maximum Gasteiger partial charge on any atom is 0.0940 e. The second kappa shape index (κ2) is 10.9. The van der Waals surface area contributed by atoms with Gasteiger partial charge in [-0.1, -0.05) is 30.3 Å². The summed E-state index contributed by atoms with van der Waals surface area (Å²) in [5, 5.41) is 20.3. The first-order chi connectivity index (χ1) is 7.17. The molecule has 1 aromatic rings. The van der Waals surface area contributed by atoms with Gasteiger partial charge in [0, 0.05) is 12.6 Å². The first-order valence-corrected chi connectivity index (χ1v) is 5.18. The van der Waals surface area contributed by atoms with Gasteiger partial charge in [0.1, 0.15) is 0 Å². The highest BCUT2D eigenvalue weighted by Crippen LogP contribution is 2.15. The summed E-state index contributed by atoms with van der Waals surface area (Å²) < 4.78 is 0. The quantitative estimate of drug-likeness (QED) is 0.763. The van der Waals surface area contributed by atoms with Crippen molar-refractivity contribution in [2.75, 3.05) is 13.7 Å². The van der Waals surface area contributed by atoms with Crippen molar-refractivity contribution in [3.8, 4) is 0 Å². The maximum atomic E-state index is 9.73. The standard InChI is InChI=1S/C10H15NO.C2H6O.ClH/c1-8(11-2)10(12)9-6-4-3-5-7-9;1-2-3;/h3-8,10-12H,1-2H3;3H,2H2,1H3;1H. The van der Waals surface area contributed by atoms with Gasteiger partial charge >= 0.3 is 0 Å². The van der Waals surface area contributed by atoms with Gasteiger partial charge in [0.05, 0.1) is 6.10 Å². The SMILES string of the molecule is CCO.CNC(C)C(O)c1ccccc1.Cl. The van der Waals surface area contributed by atoms with Gasteiger partial charge in [-0.25, -0.2) is 0 Å². The lowest BCUT2D eigenvalue weighted by Gasteiger charge is -2.17. The normalized spacial score (nSPS) is 12.8. The molecule has 0 saturated heterocycles. The summed E-state index contributed by atoms with van der Waals surface area (Å²) in [4.78, 5) is 0. The van der Waals surface area contributed by atoms with E-state index < -0.39 is 6.10 Å². The summed E-state index contributed by atoms with van der Waals surface area (Å²) in [5.41, 5.74) is 0.958. The number of benzene rings is 1. The van der Waals surface area contributed by atoms with Gasteiger partial charge in [-0.15, -0.1) is 12.4 Å². The molecule has 1 rings (SSSR count). The summed E-state index contributed by atoms with van der Waals surface area (Å²) in [7, 11) is 1.84. The van der Waals surface area contributed by atoms with E-state index >= 15 is 0 Å². The van der Waals surface area contributed by atoms with E-state index in [0.29, 0.717) is 0 Å². The zero-order valence-corrected chi connectivity index (χ0v) is 10.9. The molecule has 3 N–H and O–H groups in total. The van der Waals surface area contributed by atoms with E-state index in [1.54, 1.807) is 6.92 Å². The van der Waals surface area contributed by atoms with Crippen LogP contribution in [0.4, 0.5) is 0 Å². The largest absolute Gasteiger partial charge is 0.397 e. The molecular formula is C12H22ClNO2. The van der Waals surface area contributed by atoms with Gasteiger partial charge in [0.15, 0.2) is 0 Å². The lowest BCUT2D eigenvalue weighted by atomic mass is 10.0. The highest BCUT2D eigenvalue weighted by molar-refractivity contribution is 5.85. The van der Waals surface area contributed by atoms with Gasteiger partial charge in [-0.05, 0) is 26.5 Å². The smallest absolute Gasteiger partial charge is 0.0940 e. The molecule has 0 aliphatic carbocycles. The predicted molar refractivity (Wildman–Crippen MR) is 69.9 cm³/mol. The van der Waals surface area contributed by atoms with Crippen LogP contribution in [0.25, 0.3) is 0 Å². The van der Waals surface area contributed by atoms with Crippen molar-refractivity contribution in [2.24, 2.45) is 0 Å². The zero-order chi connectivity index (χ0) is 11.7. The fraction of sp³-hybridized carbons (Fsp3) is 0.500. The molecule has 0 fully saturated rings. The Morgan fingerprint density at radius 2 is 1.69 bits per heavy atom. The third-order valence-corrected chi connectivity index (χ3v) is 2.07. The lowest BCUT2D eigenvalue weighted by molar-refractivity contribution is 0.140. The Morgan fingerprint density at radius 1 is 1.25 bits per heavy atom. The minimum atomic E-state index is -0.420. The van der Waals surface area contributed by atoms with Crippen molar-refractivity contribution in [2.45, 2.75) is 26.0 Å². The van der Waals surface area contributed by atoms with Gasteiger partial charge in [0.25, 0.3) is 0 Å². The zero-order valence-electron chi connectivity index (χ0n) is 10.1. The van der Waals surface area contributed by atoms with Gasteiger partial charge in [-0.2, -0.15) is 0 Å². The van der Waals surface area contributed by atoms with E-state index in [2.05, 4.69) is 5.32 Å². The molecule has 4 heteroatoms. The molecule has 0 radical (unpaired) electrons. The van der Waals surface area contributed by atoms with Gasteiger partial charge in [0.2, 0.25) is 0 Å². The molecule has 0 heterocycles. The Labute approximate surface area is 104 Å². The van der Waals surface area contributed by atoms with Crippen molar-refractivity contribution in [1.29, 1.82) is 0 Å². The lowest BCUT2D eigenvalue weighted by Crippen LogP contribution is -2.28. The first-order valence-electron chi connectivity index (χ1n) is 5.18. The van der Waals surface area contributed by atoms with E-state index in [1.165, 1.54) is 0 Å². The number of aliphatic hydroxyl groups excluding tert-OH is 2. The predicted octanol–water partition coefficient (Wildman–Crippen LogP) is 1.75. The Hall–Kier alpha value is -0.610. The Bertz CT molecular complexity index is 244. The Kier molecular flexibility index (Phi) is 12.1. The van der Waals surface area contributed by atoms with E-state index in [9.17, 15) is 5.11 Å². The molecule has 1 aromatic carbocycles. The molecular weight excluding hydrogens is 226 g/mol. The minimum Gasteiger partial charge on any atom is -0.397 e. The molecule has 0 amide bonds. The molecule has 0 aromatic heterocycles. The summed E-state index contributed by atoms with van der Waals surface area (Å²) in [6, 6.07) is 9.76. The van der Waals surface area contributed by atoms with Crippen molar-refractivity contribution < 1.29 is 10.2 Å². The molecule has 0 saturated carbocycles. The van der Waals surface area contributed by atoms with E-state index in [0.717, 1.165) is 5.56 Å².